The van der Waals surface area contributed by atoms with Gasteiger partial charge in [0.2, 0.25) is 0 Å². The molecule has 1 aliphatic rings. The monoisotopic (exact) mass is 444 g/mol. The van der Waals surface area contributed by atoms with Gasteiger partial charge in [-0.05, 0) is 81.2 Å². The van der Waals surface area contributed by atoms with Crippen LogP contribution >= 0.6 is 11.3 Å². The minimum Gasteiger partial charge on any atom is -0.329 e. The second-order valence-electron chi connectivity index (χ2n) is 8.38. The van der Waals surface area contributed by atoms with E-state index in [-0.39, 0.29) is 0 Å². The molecule has 0 bridgehead atoms. The second kappa shape index (κ2) is 9.22. The number of anilines is 4. The standard InChI is InChI=1S/C25H28N6S/c1-18-5-7-20(8-6-18)30(2)23-10-9-21-24(29-23)32-25(27-21)28-22-17-19(11-13-26-22)12-16-31-14-3-4-15-31/h5-11,13,17H,3-4,12,14-16H2,1-2H3,(H,26,27,28). The molecule has 0 aliphatic carbocycles. The minimum atomic E-state index is 0.812. The van der Waals surface area contributed by atoms with E-state index in [1.165, 1.54) is 37.1 Å². The minimum absolute atomic E-state index is 0.812. The topological polar surface area (TPSA) is 57.2 Å². The van der Waals surface area contributed by atoms with Crippen LogP contribution in [0.3, 0.4) is 0 Å². The van der Waals surface area contributed by atoms with Gasteiger partial charge in [0.05, 0.1) is 0 Å². The van der Waals surface area contributed by atoms with E-state index < -0.39 is 0 Å². The lowest BCUT2D eigenvalue weighted by Crippen LogP contribution is -2.21. The Balaban J connectivity index is 1.30. The number of aromatic nitrogens is 3. The van der Waals surface area contributed by atoms with Gasteiger partial charge in [-0.15, -0.1) is 0 Å². The number of likely N-dealkylation sites (tertiary alicyclic amines) is 1. The Morgan fingerprint density at radius 2 is 1.84 bits per heavy atom. The lowest BCUT2D eigenvalue weighted by atomic mass is 10.2. The number of thiazole rings is 1. The van der Waals surface area contributed by atoms with Crippen molar-refractivity contribution in [3.8, 4) is 0 Å². The van der Waals surface area contributed by atoms with Gasteiger partial charge >= 0.3 is 0 Å². The second-order valence-corrected chi connectivity index (χ2v) is 9.36. The zero-order valence-corrected chi connectivity index (χ0v) is 19.4. The third kappa shape index (κ3) is 4.74. The van der Waals surface area contributed by atoms with Crippen LogP contribution in [0.4, 0.5) is 22.5 Å². The molecule has 164 valence electrons. The smallest absolute Gasteiger partial charge is 0.190 e. The van der Waals surface area contributed by atoms with Crippen molar-refractivity contribution < 1.29 is 0 Å². The van der Waals surface area contributed by atoms with E-state index in [9.17, 15) is 0 Å². The van der Waals surface area contributed by atoms with Crippen LogP contribution in [-0.4, -0.2) is 46.5 Å². The molecule has 6 nitrogen and oxygen atoms in total. The lowest BCUT2D eigenvalue weighted by molar-refractivity contribution is 0.343. The van der Waals surface area contributed by atoms with Crippen molar-refractivity contribution in [2.24, 2.45) is 0 Å². The fourth-order valence-electron chi connectivity index (χ4n) is 4.05. The zero-order chi connectivity index (χ0) is 21.9. The maximum atomic E-state index is 4.84. The molecule has 0 unspecified atom stereocenters. The summed E-state index contributed by atoms with van der Waals surface area (Å²) >= 11 is 1.55. The van der Waals surface area contributed by atoms with Gasteiger partial charge in [0, 0.05) is 25.5 Å². The Labute approximate surface area is 193 Å². The summed E-state index contributed by atoms with van der Waals surface area (Å²) in [5.74, 6) is 1.73. The van der Waals surface area contributed by atoms with Crippen molar-refractivity contribution in [3.05, 3.63) is 65.9 Å². The molecule has 4 aromatic rings. The Bertz CT molecular complexity index is 1200. The summed E-state index contributed by atoms with van der Waals surface area (Å²) < 4.78 is 0. The molecule has 1 aromatic carbocycles. The van der Waals surface area contributed by atoms with Crippen LogP contribution in [0.5, 0.6) is 0 Å². The first-order valence-corrected chi connectivity index (χ1v) is 12.0. The van der Waals surface area contributed by atoms with E-state index in [1.807, 2.05) is 25.4 Å². The van der Waals surface area contributed by atoms with Gasteiger partial charge in [-0.1, -0.05) is 29.0 Å². The number of benzene rings is 1. The molecule has 32 heavy (non-hydrogen) atoms. The first-order valence-electron chi connectivity index (χ1n) is 11.2. The Kier molecular flexibility index (Phi) is 6.01. The van der Waals surface area contributed by atoms with E-state index in [4.69, 9.17) is 9.97 Å². The van der Waals surface area contributed by atoms with Gasteiger partial charge in [-0.25, -0.2) is 15.0 Å². The highest BCUT2D eigenvalue weighted by molar-refractivity contribution is 7.21. The van der Waals surface area contributed by atoms with Gasteiger partial charge in [-0.2, -0.15) is 0 Å². The quantitative estimate of drug-likeness (QED) is 0.404. The fourth-order valence-corrected chi connectivity index (χ4v) is 4.89. The number of hydrogen-bond donors (Lipinski definition) is 1. The van der Waals surface area contributed by atoms with E-state index in [0.717, 1.165) is 45.8 Å². The predicted molar refractivity (Wildman–Crippen MR) is 134 cm³/mol. The molecule has 4 heterocycles. The molecule has 0 spiro atoms. The van der Waals surface area contributed by atoms with Crippen LogP contribution in [-0.2, 0) is 6.42 Å². The molecule has 0 radical (unpaired) electrons. The Hall–Kier alpha value is -3.03. The highest BCUT2D eigenvalue weighted by atomic mass is 32.1. The van der Waals surface area contributed by atoms with E-state index >= 15 is 0 Å². The lowest BCUT2D eigenvalue weighted by Gasteiger charge is -2.18. The summed E-state index contributed by atoms with van der Waals surface area (Å²) in [7, 11) is 2.04. The van der Waals surface area contributed by atoms with Gasteiger partial charge in [-0.3, -0.25) is 0 Å². The van der Waals surface area contributed by atoms with Gasteiger partial charge in [0.25, 0.3) is 0 Å². The molecule has 7 heteroatoms. The van der Waals surface area contributed by atoms with Crippen molar-refractivity contribution in [3.63, 3.8) is 0 Å². The number of rotatable bonds is 7. The number of aryl methyl sites for hydroxylation is 1. The average Bonchev–Trinajstić information content (AvgIpc) is 3.47. The van der Waals surface area contributed by atoms with Crippen LogP contribution < -0.4 is 10.2 Å². The van der Waals surface area contributed by atoms with Gasteiger partial charge < -0.3 is 15.1 Å². The Morgan fingerprint density at radius 3 is 2.66 bits per heavy atom. The number of pyridine rings is 2. The number of nitrogens with one attached hydrogen (secondary N) is 1. The van der Waals surface area contributed by atoms with Crippen LogP contribution in [0, 0.1) is 6.92 Å². The van der Waals surface area contributed by atoms with Crippen molar-refractivity contribution in [1.82, 2.24) is 19.9 Å². The first-order chi connectivity index (χ1) is 15.6. The summed E-state index contributed by atoms with van der Waals surface area (Å²) in [6.45, 7) is 5.68. The number of hydrogen-bond acceptors (Lipinski definition) is 7. The van der Waals surface area contributed by atoms with Crippen LogP contribution in [0.15, 0.2) is 54.7 Å². The highest BCUT2D eigenvalue weighted by Gasteiger charge is 2.12. The molecule has 1 N–H and O–H groups in total. The molecule has 1 fully saturated rings. The normalized spacial score (nSPS) is 14.2. The summed E-state index contributed by atoms with van der Waals surface area (Å²) in [4.78, 5) is 19.6. The maximum Gasteiger partial charge on any atom is 0.190 e. The van der Waals surface area contributed by atoms with E-state index in [2.05, 4.69) is 63.4 Å². The van der Waals surface area contributed by atoms with Crippen LogP contribution in [0.2, 0.25) is 0 Å². The third-order valence-corrected chi connectivity index (χ3v) is 6.86. The fraction of sp³-hybridized carbons (Fsp3) is 0.320. The molecular formula is C25H28N6S. The van der Waals surface area contributed by atoms with Gasteiger partial charge in [0.15, 0.2) is 5.13 Å². The molecule has 0 atom stereocenters. The number of fused-ring (bicyclic) bond motifs is 1. The van der Waals surface area contributed by atoms with E-state index in [1.54, 1.807) is 11.3 Å². The number of nitrogens with zero attached hydrogens (tertiary/aromatic N) is 5. The summed E-state index contributed by atoms with van der Waals surface area (Å²) in [5, 5.41) is 4.19. The summed E-state index contributed by atoms with van der Waals surface area (Å²) in [5.41, 5.74) is 4.55. The van der Waals surface area contributed by atoms with Crippen molar-refractivity contribution in [2.45, 2.75) is 26.2 Å². The molecule has 0 saturated carbocycles. The largest absolute Gasteiger partial charge is 0.329 e. The van der Waals surface area contributed by atoms with Crippen LogP contribution in [0.25, 0.3) is 10.3 Å². The van der Waals surface area contributed by atoms with Gasteiger partial charge in [0.1, 0.15) is 22.0 Å². The molecule has 5 rings (SSSR count). The van der Waals surface area contributed by atoms with Crippen molar-refractivity contribution in [2.75, 3.05) is 36.9 Å². The molecule has 1 aliphatic heterocycles. The zero-order valence-electron chi connectivity index (χ0n) is 18.6. The average molecular weight is 445 g/mol. The van der Waals surface area contributed by atoms with Crippen molar-refractivity contribution in [1.29, 1.82) is 0 Å². The molecule has 0 amide bonds. The summed E-state index contributed by atoms with van der Waals surface area (Å²) in [6.07, 6.45) is 5.59. The molecule has 1 saturated heterocycles. The highest BCUT2D eigenvalue weighted by Crippen LogP contribution is 2.30. The maximum absolute atomic E-state index is 4.84. The third-order valence-electron chi connectivity index (χ3n) is 5.98. The Morgan fingerprint density at radius 1 is 1.03 bits per heavy atom. The van der Waals surface area contributed by atoms with Crippen molar-refractivity contribution >= 4 is 44.1 Å². The summed E-state index contributed by atoms with van der Waals surface area (Å²) in [6, 6.07) is 16.7. The molecule has 3 aromatic heterocycles. The van der Waals surface area contributed by atoms with Crippen LogP contribution in [0.1, 0.15) is 24.0 Å². The SMILES string of the molecule is Cc1ccc(N(C)c2ccc3nc(Nc4cc(CCN5CCCC5)ccn4)sc3n2)cc1. The van der Waals surface area contributed by atoms with E-state index in [0.29, 0.717) is 0 Å². The first kappa shape index (κ1) is 20.8. The molecular weight excluding hydrogens is 416 g/mol. The predicted octanol–water partition coefficient (Wildman–Crippen LogP) is 5.54.